The van der Waals surface area contributed by atoms with Crippen LogP contribution in [-0.4, -0.2) is 85.0 Å². The lowest BCUT2D eigenvalue weighted by Gasteiger charge is -2.41. The van der Waals surface area contributed by atoms with E-state index >= 15 is 0 Å². The van der Waals surface area contributed by atoms with Crippen molar-refractivity contribution in [2.75, 3.05) is 43.8 Å². The summed E-state index contributed by atoms with van der Waals surface area (Å²) >= 11 is 0. The molecule has 2 saturated heterocycles. The molecule has 0 unspecified atom stereocenters. The summed E-state index contributed by atoms with van der Waals surface area (Å²) in [5, 5.41) is 7.32. The Balaban J connectivity index is 1.14. The van der Waals surface area contributed by atoms with Crippen molar-refractivity contribution in [3.8, 4) is 11.6 Å². The highest BCUT2D eigenvalue weighted by atomic mass is 19.3. The molecular formula is C24H33F2N9O2. The van der Waals surface area contributed by atoms with E-state index in [2.05, 4.69) is 25.4 Å². The number of carbonyl (C=O) groups excluding carboxylic acids is 1. The van der Waals surface area contributed by atoms with Gasteiger partial charge >= 0.3 is 0 Å². The molecule has 0 bridgehead atoms. The van der Waals surface area contributed by atoms with Gasteiger partial charge in [-0.3, -0.25) is 9.69 Å². The first-order valence-corrected chi connectivity index (χ1v) is 12.8. The summed E-state index contributed by atoms with van der Waals surface area (Å²) in [6.07, 6.45) is 5.27. The van der Waals surface area contributed by atoms with Gasteiger partial charge in [-0.25, -0.2) is 8.78 Å². The summed E-state index contributed by atoms with van der Waals surface area (Å²) in [6, 6.07) is 2.92. The predicted molar refractivity (Wildman–Crippen MR) is 133 cm³/mol. The molecule has 3 N–H and O–H groups in total. The standard InChI is InChI=1S/C24H33F2N9O2/c1-15(28-22-30-21(27)35-23(31-22)29-19(32-35)18-4-3-13-37-18)20(36)34-11-7-17(8-12-34)16-5-9-33(10-6-16)14-24(2,25)26/h3-4,13,15-17H,5-12,14H2,1-2H3,(H3,27,28,29,30,31,32)/t15-/m0/s1. The minimum absolute atomic E-state index is 0.0294. The Kier molecular flexibility index (Phi) is 6.97. The van der Waals surface area contributed by atoms with Crippen LogP contribution < -0.4 is 11.1 Å². The molecule has 0 aromatic carbocycles. The quantitative estimate of drug-likeness (QED) is 0.486. The van der Waals surface area contributed by atoms with Crippen LogP contribution in [0.4, 0.5) is 20.7 Å². The van der Waals surface area contributed by atoms with E-state index < -0.39 is 12.0 Å². The van der Waals surface area contributed by atoms with Crippen molar-refractivity contribution >= 4 is 23.6 Å². The van der Waals surface area contributed by atoms with E-state index in [1.54, 1.807) is 19.1 Å². The van der Waals surface area contributed by atoms with E-state index in [4.69, 9.17) is 10.2 Å². The number of hydrogen-bond acceptors (Lipinski definition) is 9. The molecule has 3 aromatic heterocycles. The van der Waals surface area contributed by atoms with Gasteiger partial charge in [-0.1, -0.05) is 0 Å². The summed E-state index contributed by atoms with van der Waals surface area (Å²) in [5.74, 6) is -0.262. The van der Waals surface area contributed by atoms with Gasteiger partial charge in [-0.15, -0.1) is 5.10 Å². The second-order valence-corrected chi connectivity index (χ2v) is 10.2. The molecular weight excluding hydrogens is 484 g/mol. The van der Waals surface area contributed by atoms with Crippen LogP contribution in [0.3, 0.4) is 0 Å². The summed E-state index contributed by atoms with van der Waals surface area (Å²) in [6.45, 7) is 5.39. The lowest BCUT2D eigenvalue weighted by Crippen LogP contribution is -2.47. The molecule has 37 heavy (non-hydrogen) atoms. The van der Waals surface area contributed by atoms with E-state index in [1.807, 2.05) is 9.80 Å². The molecule has 13 heteroatoms. The second-order valence-electron chi connectivity index (χ2n) is 10.2. The molecule has 11 nitrogen and oxygen atoms in total. The number of carbonyl (C=O) groups is 1. The van der Waals surface area contributed by atoms with Crippen LogP contribution in [0.2, 0.25) is 0 Å². The molecule has 0 saturated carbocycles. The third-order valence-corrected chi connectivity index (χ3v) is 7.34. The van der Waals surface area contributed by atoms with Crippen LogP contribution in [0.1, 0.15) is 39.5 Å². The number of nitrogen functional groups attached to an aromatic ring is 1. The number of furan rings is 1. The minimum atomic E-state index is -2.65. The normalized spacial score (nSPS) is 19.4. The van der Waals surface area contributed by atoms with Gasteiger partial charge in [-0.05, 0) is 69.7 Å². The number of nitrogens with one attached hydrogen (secondary N) is 1. The summed E-state index contributed by atoms with van der Waals surface area (Å²) in [7, 11) is 0. The predicted octanol–water partition coefficient (Wildman–Crippen LogP) is 2.77. The molecule has 200 valence electrons. The highest BCUT2D eigenvalue weighted by Crippen LogP contribution is 2.33. The van der Waals surface area contributed by atoms with Gasteiger partial charge in [0.1, 0.15) is 6.04 Å². The van der Waals surface area contributed by atoms with Crippen LogP contribution in [-0.2, 0) is 4.79 Å². The number of amides is 1. The summed E-state index contributed by atoms with van der Waals surface area (Å²) in [5.41, 5.74) is 6.05. The van der Waals surface area contributed by atoms with Gasteiger partial charge in [0.05, 0.1) is 12.8 Å². The fraction of sp³-hybridized carbons (Fsp3) is 0.625. The number of rotatable bonds is 7. The van der Waals surface area contributed by atoms with Gasteiger partial charge in [-0.2, -0.15) is 19.5 Å². The van der Waals surface area contributed by atoms with Crippen molar-refractivity contribution in [3.05, 3.63) is 18.4 Å². The average Bonchev–Trinajstić information content (AvgIpc) is 3.54. The first-order valence-electron chi connectivity index (χ1n) is 12.8. The number of likely N-dealkylation sites (tertiary alicyclic amines) is 2. The molecule has 2 fully saturated rings. The maximum Gasteiger partial charge on any atom is 0.259 e. The molecule has 2 aliphatic rings. The largest absolute Gasteiger partial charge is 0.461 e. The molecule has 0 spiro atoms. The van der Waals surface area contributed by atoms with E-state index in [0.717, 1.165) is 45.7 Å². The van der Waals surface area contributed by atoms with Crippen molar-refractivity contribution in [1.82, 2.24) is 34.4 Å². The molecule has 2 aliphatic heterocycles. The number of fused-ring (bicyclic) bond motifs is 1. The Morgan fingerprint density at radius 1 is 1.16 bits per heavy atom. The van der Waals surface area contributed by atoms with E-state index in [-0.39, 0.29) is 30.1 Å². The second kappa shape index (κ2) is 10.2. The van der Waals surface area contributed by atoms with Gasteiger partial charge in [0.25, 0.3) is 11.7 Å². The monoisotopic (exact) mass is 517 g/mol. The zero-order valence-electron chi connectivity index (χ0n) is 21.1. The van der Waals surface area contributed by atoms with Crippen LogP contribution in [0.15, 0.2) is 22.8 Å². The summed E-state index contributed by atoms with van der Waals surface area (Å²) < 4.78 is 33.3. The van der Waals surface area contributed by atoms with Crippen molar-refractivity contribution in [2.24, 2.45) is 11.8 Å². The lowest BCUT2D eigenvalue weighted by molar-refractivity contribution is -0.133. The molecule has 1 atom stereocenters. The van der Waals surface area contributed by atoms with Gasteiger partial charge < -0.3 is 20.4 Å². The first-order chi connectivity index (χ1) is 17.7. The zero-order valence-corrected chi connectivity index (χ0v) is 21.1. The van der Waals surface area contributed by atoms with Crippen molar-refractivity contribution in [1.29, 1.82) is 0 Å². The number of nitrogens with zero attached hydrogens (tertiary/aromatic N) is 7. The van der Waals surface area contributed by atoms with Crippen molar-refractivity contribution in [3.63, 3.8) is 0 Å². The molecule has 1 amide bonds. The minimum Gasteiger partial charge on any atom is -0.461 e. The van der Waals surface area contributed by atoms with Gasteiger partial charge in [0.2, 0.25) is 23.6 Å². The van der Waals surface area contributed by atoms with E-state index in [9.17, 15) is 13.6 Å². The Labute approximate surface area is 213 Å². The van der Waals surface area contributed by atoms with Crippen molar-refractivity contribution < 1.29 is 18.0 Å². The zero-order chi connectivity index (χ0) is 26.2. The third kappa shape index (κ3) is 5.81. The molecule has 5 rings (SSSR count). The number of halogens is 2. The smallest absolute Gasteiger partial charge is 0.259 e. The number of aromatic nitrogens is 5. The molecule has 0 radical (unpaired) electrons. The molecule has 5 heterocycles. The number of nitrogens with two attached hydrogens (primary N) is 1. The number of alkyl halides is 2. The number of piperidine rings is 2. The van der Waals surface area contributed by atoms with Crippen LogP contribution in [0, 0.1) is 11.8 Å². The highest BCUT2D eigenvalue weighted by molar-refractivity contribution is 5.84. The van der Waals surface area contributed by atoms with Crippen LogP contribution in [0.5, 0.6) is 0 Å². The highest BCUT2D eigenvalue weighted by Gasteiger charge is 2.34. The fourth-order valence-electron chi connectivity index (χ4n) is 5.48. The van der Waals surface area contributed by atoms with Crippen molar-refractivity contribution in [2.45, 2.75) is 51.5 Å². The topological polar surface area (TPSA) is 131 Å². The SMILES string of the molecule is C[C@H](Nc1nc(N)n2nc(-c3ccco3)nc2n1)C(=O)N1CCC(C2CCN(CC(C)(F)F)CC2)CC1. The maximum atomic E-state index is 13.3. The van der Waals surface area contributed by atoms with Crippen LogP contribution in [0.25, 0.3) is 17.4 Å². The van der Waals surface area contributed by atoms with E-state index in [0.29, 0.717) is 36.5 Å². The fourth-order valence-corrected chi connectivity index (χ4v) is 5.48. The summed E-state index contributed by atoms with van der Waals surface area (Å²) in [4.78, 5) is 29.8. The number of anilines is 2. The van der Waals surface area contributed by atoms with Crippen LogP contribution >= 0.6 is 0 Å². The van der Waals surface area contributed by atoms with Gasteiger partial charge in [0, 0.05) is 20.0 Å². The Morgan fingerprint density at radius 3 is 2.46 bits per heavy atom. The molecule has 0 aliphatic carbocycles. The lowest BCUT2D eigenvalue weighted by atomic mass is 9.78. The maximum absolute atomic E-state index is 13.3. The van der Waals surface area contributed by atoms with E-state index in [1.165, 1.54) is 10.8 Å². The average molecular weight is 518 g/mol. The molecule has 3 aromatic rings. The van der Waals surface area contributed by atoms with Gasteiger partial charge in [0.15, 0.2) is 5.76 Å². The Morgan fingerprint density at radius 2 is 1.84 bits per heavy atom. The Hall–Kier alpha value is -3.35. The first kappa shape index (κ1) is 25.3. The third-order valence-electron chi connectivity index (χ3n) is 7.34. The Bertz CT molecular complexity index is 1210. The number of hydrogen-bond donors (Lipinski definition) is 2.